The summed E-state index contributed by atoms with van der Waals surface area (Å²) in [5, 5.41) is 2.59. The third kappa shape index (κ3) is 2.42. The standard InChI is InChI=1S/C20H12BN2O3.U/c21-23-12-6-8-16-18(10-12)25-17-9-11(22)5-7-15(17)20(16)14-4-2-1-3-13(14)19(24)26-20;/h1-10,22-23H;/q-1;. The Kier molecular flexibility index (Phi) is 4.25. The fourth-order valence-electron chi connectivity index (χ4n) is 3.77. The van der Waals surface area contributed by atoms with Crippen molar-refractivity contribution in [2.24, 2.45) is 0 Å². The Labute approximate surface area is 181 Å². The van der Waals surface area contributed by atoms with Gasteiger partial charge in [-0.05, 0) is 24.3 Å². The molecule has 2 aliphatic rings. The summed E-state index contributed by atoms with van der Waals surface area (Å²) in [5.41, 5.74) is 10.5. The van der Waals surface area contributed by atoms with Gasteiger partial charge in [-0.3, -0.25) is 0 Å². The summed E-state index contributed by atoms with van der Waals surface area (Å²) in [6.45, 7) is 0. The van der Waals surface area contributed by atoms with Crippen LogP contribution < -0.4 is 9.96 Å². The largest absolute Gasteiger partial charge is 0.699 e. The molecule has 0 amide bonds. The van der Waals surface area contributed by atoms with Gasteiger partial charge in [-0.25, -0.2) is 4.79 Å². The molecule has 5 nitrogen and oxygen atoms in total. The quantitative estimate of drug-likeness (QED) is 0.344. The predicted molar refractivity (Wildman–Crippen MR) is 98.1 cm³/mol. The Morgan fingerprint density at radius 1 is 0.926 bits per heavy atom. The van der Waals surface area contributed by atoms with E-state index in [1.807, 2.05) is 30.3 Å². The summed E-state index contributed by atoms with van der Waals surface area (Å²) in [6, 6.07) is 17.8. The molecule has 0 saturated carbocycles. The maximum atomic E-state index is 12.6. The number of hydrogen-bond donors (Lipinski definition) is 1. The van der Waals surface area contributed by atoms with Gasteiger partial charge in [0.25, 0.3) is 0 Å². The molecule has 2 heterocycles. The van der Waals surface area contributed by atoms with Gasteiger partial charge in [0.05, 0.1) is 5.56 Å². The third-order valence-corrected chi connectivity index (χ3v) is 4.88. The van der Waals surface area contributed by atoms with E-state index in [-0.39, 0.29) is 37.1 Å². The maximum Gasteiger partial charge on any atom is 0.340 e. The summed E-state index contributed by atoms with van der Waals surface area (Å²) in [6.07, 6.45) is 0. The fraction of sp³-hybridized carbons (Fsp3) is 0.0500. The summed E-state index contributed by atoms with van der Waals surface area (Å²) < 4.78 is 12.0. The predicted octanol–water partition coefficient (Wildman–Crippen LogP) is 4.43. The van der Waals surface area contributed by atoms with Crippen molar-refractivity contribution < 1.29 is 45.4 Å². The maximum absolute atomic E-state index is 12.6. The monoisotopic (exact) mass is 577 g/mol. The second-order valence-electron chi connectivity index (χ2n) is 6.28. The molecule has 2 N–H and O–H groups in total. The van der Waals surface area contributed by atoms with E-state index >= 15 is 0 Å². The number of rotatable bonds is 1. The molecule has 0 aromatic heterocycles. The molecule has 1 atom stereocenters. The molecule has 2 aliphatic heterocycles. The van der Waals surface area contributed by atoms with Crippen molar-refractivity contribution in [3.63, 3.8) is 0 Å². The molecule has 3 aromatic rings. The summed E-state index contributed by atoms with van der Waals surface area (Å²) >= 11 is 0. The second-order valence-corrected chi connectivity index (χ2v) is 6.28. The molecule has 5 rings (SSSR count). The number of anilines is 1. The molecule has 3 aromatic carbocycles. The van der Waals surface area contributed by atoms with Crippen LogP contribution in [-0.2, 0) is 10.3 Å². The SMILES string of the molecule is [B]Nc1ccc2c(c1)Oc1cc([NH-])ccc1C21OC(=O)c2ccccc21.[U]. The van der Waals surface area contributed by atoms with E-state index in [1.165, 1.54) is 0 Å². The van der Waals surface area contributed by atoms with Gasteiger partial charge in [-0.1, -0.05) is 30.3 Å². The van der Waals surface area contributed by atoms with Crippen LogP contribution in [0.2, 0.25) is 0 Å². The Morgan fingerprint density at radius 3 is 2.41 bits per heavy atom. The molecular weight excluding hydrogens is 565 g/mol. The molecule has 0 saturated heterocycles. The van der Waals surface area contributed by atoms with Gasteiger partial charge in [0.2, 0.25) is 7.98 Å². The number of ether oxygens (including phenoxy) is 2. The van der Waals surface area contributed by atoms with E-state index in [9.17, 15) is 4.79 Å². The average Bonchev–Trinajstić information content (AvgIpc) is 2.95. The fourth-order valence-corrected chi connectivity index (χ4v) is 3.77. The number of benzene rings is 3. The molecule has 0 aliphatic carbocycles. The van der Waals surface area contributed by atoms with Gasteiger partial charge in [-0.2, -0.15) is 0 Å². The van der Waals surface area contributed by atoms with Crippen molar-refractivity contribution in [3.8, 4) is 11.5 Å². The van der Waals surface area contributed by atoms with Crippen molar-refractivity contribution >= 4 is 25.3 Å². The molecule has 7 heteroatoms. The van der Waals surface area contributed by atoms with E-state index in [1.54, 1.807) is 30.3 Å². The molecule has 0 bridgehead atoms. The number of esters is 1. The third-order valence-electron chi connectivity index (χ3n) is 4.88. The van der Waals surface area contributed by atoms with E-state index in [0.717, 1.165) is 11.1 Å². The van der Waals surface area contributed by atoms with Crippen LogP contribution in [0, 0.1) is 31.1 Å². The minimum absolute atomic E-state index is 0. The zero-order valence-corrected chi connectivity index (χ0v) is 18.2. The molecule has 0 fully saturated rings. The zero-order valence-electron chi connectivity index (χ0n) is 14.1. The number of nitrogens with one attached hydrogen (secondary N) is 2. The van der Waals surface area contributed by atoms with Crippen molar-refractivity contribution in [2.45, 2.75) is 5.60 Å². The van der Waals surface area contributed by atoms with Crippen molar-refractivity contribution in [2.75, 3.05) is 5.23 Å². The molecule has 1 spiro atoms. The van der Waals surface area contributed by atoms with Gasteiger partial charge in [0.15, 0.2) is 5.60 Å². The van der Waals surface area contributed by atoms with Crippen molar-refractivity contribution in [1.82, 2.24) is 0 Å². The normalized spacial score (nSPS) is 18.4. The molecule has 1 unspecified atom stereocenters. The van der Waals surface area contributed by atoms with Crippen molar-refractivity contribution in [3.05, 3.63) is 88.7 Å². The Balaban J connectivity index is 0.00000180. The van der Waals surface area contributed by atoms with E-state index in [0.29, 0.717) is 34.0 Å². The minimum atomic E-state index is -1.10. The number of fused-ring (bicyclic) bond motifs is 6. The van der Waals surface area contributed by atoms with Gasteiger partial charge < -0.3 is 20.4 Å². The van der Waals surface area contributed by atoms with Crippen LogP contribution >= 0.6 is 0 Å². The van der Waals surface area contributed by atoms with Crippen LogP contribution in [0.5, 0.6) is 11.5 Å². The first-order chi connectivity index (χ1) is 12.6. The molecule has 27 heavy (non-hydrogen) atoms. The Bertz CT molecular complexity index is 1090. The van der Waals surface area contributed by atoms with E-state index in [2.05, 4.69) is 5.23 Å². The van der Waals surface area contributed by atoms with Crippen molar-refractivity contribution in [1.29, 1.82) is 0 Å². The Hall–Kier alpha value is -2.35. The van der Waals surface area contributed by atoms with Gasteiger partial charge in [0, 0.05) is 59.6 Å². The first kappa shape index (κ1) is 18.0. The molecule has 128 valence electrons. The van der Waals surface area contributed by atoms with Crippen LogP contribution in [0.4, 0.5) is 11.4 Å². The smallest absolute Gasteiger partial charge is 0.340 e. The first-order valence-electron chi connectivity index (χ1n) is 8.11. The molecule has 2 radical (unpaired) electrons. The summed E-state index contributed by atoms with van der Waals surface area (Å²) in [4.78, 5) is 12.6. The topological polar surface area (TPSA) is 71.4 Å². The zero-order chi connectivity index (χ0) is 17.9. The van der Waals surface area contributed by atoms with E-state index in [4.69, 9.17) is 23.2 Å². The van der Waals surface area contributed by atoms with Crippen LogP contribution in [0.3, 0.4) is 0 Å². The average molecular weight is 577 g/mol. The number of carbonyl (C=O) groups is 1. The van der Waals surface area contributed by atoms with E-state index < -0.39 is 5.60 Å². The number of hydrogen-bond acceptors (Lipinski definition) is 4. The van der Waals surface area contributed by atoms with Crippen LogP contribution in [-0.4, -0.2) is 14.0 Å². The van der Waals surface area contributed by atoms with Crippen LogP contribution in [0.1, 0.15) is 27.0 Å². The summed E-state index contributed by atoms with van der Waals surface area (Å²) in [7, 11) is 5.52. The second kappa shape index (κ2) is 6.37. The minimum Gasteiger partial charge on any atom is -0.699 e. The van der Waals surface area contributed by atoms with Crippen LogP contribution in [0.15, 0.2) is 60.7 Å². The Morgan fingerprint density at radius 2 is 1.63 bits per heavy atom. The van der Waals surface area contributed by atoms with Crippen LogP contribution in [0.25, 0.3) is 5.73 Å². The first-order valence-corrected chi connectivity index (χ1v) is 8.11. The van der Waals surface area contributed by atoms with Gasteiger partial charge in [0.1, 0.15) is 11.5 Å². The molecular formula is C20H12BN2O3U-. The van der Waals surface area contributed by atoms with Gasteiger partial charge in [-0.15, -0.1) is 5.69 Å². The summed E-state index contributed by atoms with van der Waals surface area (Å²) in [5.74, 6) is 0.641. The van der Waals surface area contributed by atoms with Gasteiger partial charge >= 0.3 is 5.97 Å². The number of carbonyl (C=O) groups excluding carboxylic acids is 1.